The van der Waals surface area contributed by atoms with Gasteiger partial charge in [-0.3, -0.25) is 24.3 Å². The Morgan fingerprint density at radius 2 is 1.86 bits per heavy atom. The fraction of sp³-hybridized carbons (Fsp3) is 0.121. The second-order valence-corrected chi connectivity index (χ2v) is 11.1. The van der Waals surface area contributed by atoms with E-state index in [0.717, 1.165) is 0 Å². The van der Waals surface area contributed by atoms with E-state index in [4.69, 9.17) is 9.15 Å². The van der Waals surface area contributed by atoms with E-state index in [2.05, 4.69) is 10.3 Å². The van der Waals surface area contributed by atoms with E-state index < -0.39 is 11.0 Å². The number of ether oxygens (including phenoxy) is 1. The summed E-state index contributed by atoms with van der Waals surface area (Å²) in [5, 5.41) is 14.1. The van der Waals surface area contributed by atoms with Crippen LogP contribution in [-0.2, 0) is 4.79 Å². The average molecular weight is 607 g/mol. The standard InChI is InChI=1S/C33H26N4O6S/c1-19-16-23(37(40)41)12-14-26(19)27-15-13-25(43-27)18-28-32(39)36-30(21-8-7-11-24(17-21)42-3)29(20(2)34-33(36)44-28)31(38)35-22-9-5-4-6-10-22/h4-18,30H,1-3H3,(H,35,38)/b28-18-/t30-/m1/s1. The zero-order valence-electron chi connectivity index (χ0n) is 23.9. The van der Waals surface area contributed by atoms with Crippen molar-refractivity contribution in [3.63, 3.8) is 0 Å². The van der Waals surface area contributed by atoms with Gasteiger partial charge in [0, 0.05) is 29.5 Å². The van der Waals surface area contributed by atoms with Crippen molar-refractivity contribution < 1.29 is 18.9 Å². The van der Waals surface area contributed by atoms with Crippen LogP contribution in [0.5, 0.6) is 5.75 Å². The third kappa shape index (κ3) is 5.36. The maximum absolute atomic E-state index is 14.0. The number of benzene rings is 3. The number of furan rings is 1. The van der Waals surface area contributed by atoms with Gasteiger partial charge in [-0.25, -0.2) is 4.99 Å². The number of non-ortho nitro benzene ring substituents is 1. The molecule has 3 aromatic carbocycles. The topological polar surface area (TPSA) is 129 Å². The molecule has 0 radical (unpaired) electrons. The lowest BCUT2D eigenvalue weighted by Crippen LogP contribution is -2.40. The Labute approximate surface area is 255 Å². The molecule has 0 saturated heterocycles. The summed E-state index contributed by atoms with van der Waals surface area (Å²) in [7, 11) is 1.56. The number of nitrogens with one attached hydrogen (secondary N) is 1. The van der Waals surface area contributed by atoms with Gasteiger partial charge >= 0.3 is 0 Å². The zero-order valence-corrected chi connectivity index (χ0v) is 24.8. The molecule has 0 spiro atoms. The van der Waals surface area contributed by atoms with E-state index in [-0.39, 0.29) is 17.2 Å². The summed E-state index contributed by atoms with van der Waals surface area (Å²) in [6.45, 7) is 3.53. The molecule has 0 unspecified atom stereocenters. The summed E-state index contributed by atoms with van der Waals surface area (Å²) < 4.78 is 13.4. The second kappa shape index (κ2) is 11.6. The van der Waals surface area contributed by atoms with Gasteiger partial charge in [-0.15, -0.1) is 0 Å². The predicted octanol–water partition coefficient (Wildman–Crippen LogP) is 5.36. The van der Waals surface area contributed by atoms with Crippen LogP contribution in [0.2, 0.25) is 0 Å². The van der Waals surface area contributed by atoms with Gasteiger partial charge in [0.05, 0.1) is 33.9 Å². The maximum Gasteiger partial charge on any atom is 0.271 e. The van der Waals surface area contributed by atoms with Crippen LogP contribution in [0.1, 0.15) is 29.9 Å². The van der Waals surface area contributed by atoms with Gasteiger partial charge in [0.25, 0.3) is 17.2 Å². The minimum atomic E-state index is -0.762. The predicted molar refractivity (Wildman–Crippen MR) is 167 cm³/mol. The van der Waals surface area contributed by atoms with E-state index in [1.807, 2.05) is 36.4 Å². The van der Waals surface area contributed by atoms with Crippen molar-refractivity contribution in [3.8, 4) is 17.1 Å². The van der Waals surface area contributed by atoms with Crippen molar-refractivity contribution in [2.75, 3.05) is 12.4 Å². The molecule has 1 atom stereocenters. The number of hydrogen-bond acceptors (Lipinski definition) is 8. The highest BCUT2D eigenvalue weighted by molar-refractivity contribution is 7.07. The van der Waals surface area contributed by atoms with E-state index in [1.165, 1.54) is 28.0 Å². The zero-order chi connectivity index (χ0) is 31.0. The number of rotatable bonds is 7. The summed E-state index contributed by atoms with van der Waals surface area (Å²) >= 11 is 1.20. The number of carbonyl (C=O) groups excluding carboxylic acids is 1. The molecule has 44 heavy (non-hydrogen) atoms. The molecule has 3 heterocycles. The van der Waals surface area contributed by atoms with E-state index >= 15 is 0 Å². The SMILES string of the molecule is COc1cccc([C@@H]2C(C(=O)Nc3ccccc3)=C(C)N=c3s/c(=C\c4ccc(-c5ccc([N+](=O)[O-])cc5C)o4)c(=O)n32)c1. The number of allylic oxidation sites excluding steroid dienone is 1. The van der Waals surface area contributed by atoms with Crippen molar-refractivity contribution in [2.45, 2.75) is 19.9 Å². The minimum Gasteiger partial charge on any atom is -0.497 e. The minimum absolute atomic E-state index is 0.00292. The number of nitro benzene ring substituents is 1. The first-order chi connectivity index (χ1) is 21.2. The molecule has 220 valence electrons. The Morgan fingerprint density at radius 1 is 1.07 bits per heavy atom. The van der Waals surface area contributed by atoms with Crippen molar-refractivity contribution in [2.24, 2.45) is 4.99 Å². The largest absolute Gasteiger partial charge is 0.497 e. The molecule has 1 N–H and O–H groups in total. The number of fused-ring (bicyclic) bond motifs is 1. The summed E-state index contributed by atoms with van der Waals surface area (Å²) in [4.78, 5) is 43.6. The molecule has 1 aliphatic heterocycles. The number of thiazole rings is 1. The van der Waals surface area contributed by atoms with E-state index in [1.54, 1.807) is 63.4 Å². The first-order valence-corrected chi connectivity index (χ1v) is 14.4. The van der Waals surface area contributed by atoms with Gasteiger partial charge in [-0.05, 0) is 67.4 Å². The van der Waals surface area contributed by atoms with Crippen LogP contribution in [0.4, 0.5) is 11.4 Å². The molecule has 11 heteroatoms. The summed E-state index contributed by atoms with van der Waals surface area (Å²) in [6, 6.07) is 23.7. The van der Waals surface area contributed by atoms with Crippen LogP contribution < -0.4 is 24.9 Å². The highest BCUT2D eigenvalue weighted by Crippen LogP contribution is 2.33. The Morgan fingerprint density at radius 3 is 2.59 bits per heavy atom. The maximum atomic E-state index is 14.0. The molecule has 0 aliphatic carbocycles. The van der Waals surface area contributed by atoms with E-state index in [0.29, 0.717) is 60.3 Å². The lowest BCUT2D eigenvalue weighted by atomic mass is 9.95. The first kappa shape index (κ1) is 28.6. The highest BCUT2D eigenvalue weighted by Gasteiger charge is 2.33. The van der Waals surface area contributed by atoms with Gasteiger partial charge in [0.15, 0.2) is 4.80 Å². The van der Waals surface area contributed by atoms with Crippen molar-refractivity contribution in [1.29, 1.82) is 0 Å². The van der Waals surface area contributed by atoms with Gasteiger partial charge in [0.2, 0.25) is 0 Å². The van der Waals surface area contributed by atoms with Crippen LogP contribution in [0.15, 0.2) is 110 Å². The Hall–Kier alpha value is -5.55. The number of aryl methyl sites for hydroxylation is 1. The normalized spacial score (nSPS) is 14.6. The highest BCUT2D eigenvalue weighted by atomic mass is 32.1. The third-order valence-corrected chi connectivity index (χ3v) is 8.28. The Balaban J connectivity index is 1.44. The van der Waals surface area contributed by atoms with Gasteiger partial charge in [-0.2, -0.15) is 0 Å². The van der Waals surface area contributed by atoms with E-state index in [9.17, 15) is 19.7 Å². The molecule has 0 bridgehead atoms. The first-order valence-electron chi connectivity index (χ1n) is 13.6. The van der Waals surface area contributed by atoms with Crippen molar-refractivity contribution in [1.82, 2.24) is 4.57 Å². The number of carbonyl (C=O) groups is 1. The lowest BCUT2D eigenvalue weighted by Gasteiger charge is -2.25. The number of methoxy groups -OCH3 is 1. The van der Waals surface area contributed by atoms with Crippen LogP contribution in [0.3, 0.4) is 0 Å². The van der Waals surface area contributed by atoms with Gasteiger partial charge in [-0.1, -0.05) is 41.7 Å². The molecule has 1 aliphatic rings. The van der Waals surface area contributed by atoms with Crippen LogP contribution >= 0.6 is 11.3 Å². The van der Waals surface area contributed by atoms with Crippen molar-refractivity contribution >= 4 is 34.7 Å². The number of anilines is 1. The number of nitrogens with zero attached hydrogens (tertiary/aromatic N) is 3. The fourth-order valence-electron chi connectivity index (χ4n) is 5.20. The Kier molecular flexibility index (Phi) is 7.54. The molecule has 5 aromatic rings. The molecule has 0 fully saturated rings. The number of hydrogen-bond donors (Lipinski definition) is 1. The summed E-state index contributed by atoms with van der Waals surface area (Å²) in [5.41, 5.74) is 3.22. The Bertz CT molecular complexity index is 2140. The number of nitro groups is 1. The van der Waals surface area contributed by atoms with Crippen molar-refractivity contribution in [3.05, 3.63) is 143 Å². The number of para-hydroxylation sites is 1. The molecular weight excluding hydrogens is 580 g/mol. The number of aromatic nitrogens is 1. The smallest absolute Gasteiger partial charge is 0.271 e. The molecular formula is C33H26N4O6S. The molecule has 1 amide bonds. The second-order valence-electron chi connectivity index (χ2n) is 10.1. The molecule has 10 nitrogen and oxygen atoms in total. The average Bonchev–Trinajstić information content (AvgIpc) is 3.60. The third-order valence-electron chi connectivity index (χ3n) is 7.29. The van der Waals surface area contributed by atoms with Gasteiger partial charge in [0.1, 0.15) is 17.3 Å². The van der Waals surface area contributed by atoms with Gasteiger partial charge < -0.3 is 14.5 Å². The number of amides is 1. The molecule has 6 rings (SSSR count). The van der Waals surface area contributed by atoms with Crippen LogP contribution in [-0.4, -0.2) is 22.5 Å². The van der Waals surface area contributed by atoms with Crippen LogP contribution in [0, 0.1) is 17.0 Å². The monoisotopic (exact) mass is 606 g/mol. The fourth-order valence-corrected chi connectivity index (χ4v) is 6.23. The summed E-state index contributed by atoms with van der Waals surface area (Å²) in [6.07, 6.45) is 1.64. The molecule has 0 saturated carbocycles. The lowest BCUT2D eigenvalue weighted by molar-refractivity contribution is -0.384. The van der Waals surface area contributed by atoms with Crippen LogP contribution in [0.25, 0.3) is 17.4 Å². The summed E-state index contributed by atoms with van der Waals surface area (Å²) in [5.74, 6) is 1.17. The quantitative estimate of drug-likeness (QED) is 0.196. The molecule has 2 aromatic heterocycles.